The van der Waals surface area contributed by atoms with E-state index in [1.165, 1.54) is 19.3 Å². The molecule has 1 saturated heterocycles. The van der Waals surface area contributed by atoms with Gasteiger partial charge in [0.1, 0.15) is 0 Å². The van der Waals surface area contributed by atoms with Crippen molar-refractivity contribution in [2.24, 2.45) is 5.92 Å². The van der Waals surface area contributed by atoms with Crippen LogP contribution in [0.2, 0.25) is 0 Å². The predicted octanol–water partition coefficient (Wildman–Crippen LogP) is 0.365. The van der Waals surface area contributed by atoms with Gasteiger partial charge in [-0.15, -0.1) is 0 Å². The topological polar surface area (TPSA) is 52.6 Å². The lowest BCUT2D eigenvalue weighted by Gasteiger charge is -2.22. The fraction of sp³-hybridized carbons (Fsp3) is 0.889. The highest BCUT2D eigenvalue weighted by atomic mass is 16.5. The standard InChI is InChI=1S/C9H16N2O2/c1-11-7-4-2-3-6(7)5-8(11)9(12)10-13/h6-8,13H,2-5H2,1H3,(H,10,12)/t6-,7-,8-/m1/s1. The second-order valence-corrected chi connectivity index (χ2v) is 4.15. The Labute approximate surface area is 77.9 Å². The van der Waals surface area contributed by atoms with Gasteiger partial charge in [0.05, 0.1) is 6.04 Å². The zero-order valence-corrected chi connectivity index (χ0v) is 7.86. The van der Waals surface area contributed by atoms with Gasteiger partial charge in [0.2, 0.25) is 0 Å². The molecule has 0 aromatic heterocycles. The first-order valence-corrected chi connectivity index (χ1v) is 4.90. The minimum absolute atomic E-state index is 0.111. The number of likely N-dealkylation sites (N-methyl/N-ethyl adjacent to an activating group) is 1. The summed E-state index contributed by atoms with van der Waals surface area (Å²) < 4.78 is 0. The lowest BCUT2D eigenvalue weighted by Crippen LogP contribution is -2.42. The van der Waals surface area contributed by atoms with E-state index in [0.717, 1.165) is 6.42 Å². The summed E-state index contributed by atoms with van der Waals surface area (Å²) in [6, 6.07) is 0.461. The molecule has 0 spiro atoms. The summed E-state index contributed by atoms with van der Waals surface area (Å²) in [5.41, 5.74) is 1.75. The van der Waals surface area contributed by atoms with Crippen LogP contribution in [0, 0.1) is 5.92 Å². The van der Waals surface area contributed by atoms with Crippen LogP contribution in [0.5, 0.6) is 0 Å². The summed E-state index contributed by atoms with van der Waals surface area (Å²) in [5.74, 6) is 0.421. The van der Waals surface area contributed by atoms with Gasteiger partial charge < -0.3 is 0 Å². The van der Waals surface area contributed by atoms with Crippen LogP contribution in [0.25, 0.3) is 0 Å². The summed E-state index contributed by atoms with van der Waals surface area (Å²) in [4.78, 5) is 13.4. The minimum atomic E-state index is -0.253. The molecule has 0 unspecified atom stereocenters. The maximum Gasteiger partial charge on any atom is 0.260 e. The molecule has 1 saturated carbocycles. The third kappa shape index (κ3) is 1.34. The van der Waals surface area contributed by atoms with Crippen LogP contribution < -0.4 is 5.48 Å². The Balaban J connectivity index is 2.06. The average Bonchev–Trinajstić information content (AvgIpc) is 2.68. The molecule has 3 atom stereocenters. The third-order valence-corrected chi connectivity index (χ3v) is 3.57. The Kier molecular flexibility index (Phi) is 2.26. The zero-order chi connectivity index (χ0) is 9.42. The van der Waals surface area contributed by atoms with Crippen molar-refractivity contribution in [3.05, 3.63) is 0 Å². The van der Waals surface area contributed by atoms with Gasteiger partial charge >= 0.3 is 0 Å². The number of amides is 1. The molecule has 13 heavy (non-hydrogen) atoms. The Morgan fingerprint density at radius 3 is 2.92 bits per heavy atom. The second-order valence-electron chi connectivity index (χ2n) is 4.15. The predicted molar refractivity (Wildman–Crippen MR) is 47.2 cm³/mol. The first kappa shape index (κ1) is 8.97. The van der Waals surface area contributed by atoms with Crippen LogP contribution >= 0.6 is 0 Å². The van der Waals surface area contributed by atoms with E-state index in [2.05, 4.69) is 4.90 Å². The minimum Gasteiger partial charge on any atom is -0.292 e. The zero-order valence-electron chi connectivity index (χ0n) is 7.86. The van der Waals surface area contributed by atoms with Crippen molar-refractivity contribution >= 4 is 5.91 Å². The highest BCUT2D eigenvalue weighted by Crippen LogP contribution is 2.39. The van der Waals surface area contributed by atoms with Gasteiger partial charge in [-0.1, -0.05) is 6.42 Å². The van der Waals surface area contributed by atoms with E-state index < -0.39 is 0 Å². The van der Waals surface area contributed by atoms with E-state index in [9.17, 15) is 4.79 Å². The lowest BCUT2D eigenvalue weighted by atomic mass is 10.0. The molecule has 0 aromatic rings. The van der Waals surface area contributed by atoms with Gasteiger partial charge in [-0.2, -0.15) is 0 Å². The van der Waals surface area contributed by atoms with Crippen molar-refractivity contribution in [2.75, 3.05) is 7.05 Å². The summed E-state index contributed by atoms with van der Waals surface area (Å²) in [7, 11) is 1.98. The number of likely N-dealkylation sites (tertiary alicyclic amines) is 1. The quantitative estimate of drug-likeness (QED) is 0.457. The Morgan fingerprint density at radius 2 is 2.31 bits per heavy atom. The molecule has 4 heteroatoms. The van der Waals surface area contributed by atoms with Gasteiger partial charge in [0, 0.05) is 6.04 Å². The van der Waals surface area contributed by atoms with Gasteiger partial charge in [0.15, 0.2) is 0 Å². The number of nitrogens with zero attached hydrogens (tertiary/aromatic N) is 1. The van der Waals surface area contributed by atoms with Crippen molar-refractivity contribution in [2.45, 2.75) is 37.8 Å². The monoisotopic (exact) mass is 184 g/mol. The molecule has 0 radical (unpaired) electrons. The Hall–Kier alpha value is -0.610. The lowest BCUT2D eigenvalue weighted by molar-refractivity contribution is -0.133. The largest absolute Gasteiger partial charge is 0.292 e. The van der Waals surface area contributed by atoms with E-state index in [4.69, 9.17) is 5.21 Å². The number of hydrogen-bond acceptors (Lipinski definition) is 3. The molecule has 2 aliphatic rings. The summed E-state index contributed by atoms with van der Waals surface area (Å²) in [6.07, 6.45) is 4.64. The van der Waals surface area contributed by atoms with E-state index in [1.54, 1.807) is 5.48 Å². The van der Waals surface area contributed by atoms with Crippen LogP contribution in [-0.2, 0) is 4.79 Å². The molecule has 74 valence electrons. The van der Waals surface area contributed by atoms with Crippen molar-refractivity contribution in [1.82, 2.24) is 10.4 Å². The van der Waals surface area contributed by atoms with Gasteiger partial charge in [-0.3, -0.25) is 14.9 Å². The number of carbonyl (C=O) groups is 1. The average molecular weight is 184 g/mol. The van der Waals surface area contributed by atoms with Crippen LogP contribution in [0.4, 0.5) is 0 Å². The number of nitrogens with one attached hydrogen (secondary N) is 1. The molecule has 1 amide bonds. The van der Waals surface area contributed by atoms with E-state index in [1.807, 2.05) is 7.05 Å². The van der Waals surface area contributed by atoms with Crippen molar-refractivity contribution in [1.29, 1.82) is 0 Å². The van der Waals surface area contributed by atoms with E-state index >= 15 is 0 Å². The molecule has 1 heterocycles. The Morgan fingerprint density at radius 1 is 1.54 bits per heavy atom. The first-order chi connectivity index (χ1) is 6.24. The summed E-state index contributed by atoms with van der Waals surface area (Å²) in [5, 5.41) is 8.55. The van der Waals surface area contributed by atoms with Crippen molar-refractivity contribution in [3.63, 3.8) is 0 Å². The van der Waals surface area contributed by atoms with Crippen LogP contribution in [0.3, 0.4) is 0 Å². The molecule has 4 nitrogen and oxygen atoms in total. The number of hydroxylamine groups is 1. The highest BCUT2D eigenvalue weighted by Gasteiger charge is 2.44. The van der Waals surface area contributed by atoms with Gasteiger partial charge in [-0.25, -0.2) is 5.48 Å². The smallest absolute Gasteiger partial charge is 0.260 e. The second kappa shape index (κ2) is 3.27. The van der Waals surface area contributed by atoms with Crippen LogP contribution in [0.15, 0.2) is 0 Å². The number of rotatable bonds is 1. The third-order valence-electron chi connectivity index (χ3n) is 3.57. The molecule has 1 aliphatic heterocycles. The summed E-state index contributed by atoms with van der Waals surface area (Å²) in [6.45, 7) is 0. The normalized spacial score (nSPS) is 39.1. The fourth-order valence-electron chi connectivity index (χ4n) is 2.88. The van der Waals surface area contributed by atoms with Gasteiger partial charge in [0.25, 0.3) is 5.91 Å². The maximum atomic E-state index is 11.3. The number of carbonyl (C=O) groups excluding carboxylic acids is 1. The number of fused-ring (bicyclic) bond motifs is 1. The SMILES string of the molecule is CN1[C@@H](C(=O)NO)C[C@H]2CCC[C@H]21. The molecule has 0 bridgehead atoms. The first-order valence-electron chi connectivity index (χ1n) is 4.90. The van der Waals surface area contributed by atoms with E-state index in [-0.39, 0.29) is 11.9 Å². The fourth-order valence-corrected chi connectivity index (χ4v) is 2.88. The molecule has 2 rings (SSSR count). The Bertz CT molecular complexity index is 220. The molecule has 1 aliphatic carbocycles. The maximum absolute atomic E-state index is 11.3. The van der Waals surface area contributed by atoms with Gasteiger partial charge in [-0.05, 0) is 32.2 Å². The molecular weight excluding hydrogens is 168 g/mol. The van der Waals surface area contributed by atoms with Crippen LogP contribution in [0.1, 0.15) is 25.7 Å². The van der Waals surface area contributed by atoms with Crippen molar-refractivity contribution in [3.8, 4) is 0 Å². The summed E-state index contributed by atoms with van der Waals surface area (Å²) >= 11 is 0. The molecular formula is C9H16N2O2. The van der Waals surface area contributed by atoms with Crippen LogP contribution in [-0.4, -0.2) is 35.1 Å². The van der Waals surface area contributed by atoms with Crippen molar-refractivity contribution < 1.29 is 10.0 Å². The molecule has 2 fully saturated rings. The molecule has 0 aromatic carbocycles. The molecule has 2 N–H and O–H groups in total. The van der Waals surface area contributed by atoms with E-state index in [0.29, 0.717) is 12.0 Å². The number of hydrogen-bond donors (Lipinski definition) is 2. The highest BCUT2D eigenvalue weighted by molar-refractivity contribution is 5.81.